The first kappa shape index (κ1) is 18.3. The number of hydrogen-bond acceptors (Lipinski definition) is 7. The summed E-state index contributed by atoms with van der Waals surface area (Å²) < 4.78 is 1.59. The number of tetrazole rings is 1. The van der Waals surface area contributed by atoms with Crippen molar-refractivity contribution in [3.8, 4) is 11.8 Å². The van der Waals surface area contributed by atoms with Crippen LogP contribution in [-0.2, 0) is 0 Å². The van der Waals surface area contributed by atoms with Gasteiger partial charge in [0, 0.05) is 23.1 Å². The van der Waals surface area contributed by atoms with E-state index in [9.17, 15) is 10.1 Å². The molecule has 0 fully saturated rings. The van der Waals surface area contributed by atoms with Gasteiger partial charge in [0.25, 0.3) is 5.69 Å². The molecule has 0 aliphatic rings. The van der Waals surface area contributed by atoms with Crippen molar-refractivity contribution in [2.45, 2.75) is 19.0 Å². The molecule has 27 heavy (non-hydrogen) atoms. The third-order valence-electron chi connectivity index (χ3n) is 3.98. The number of rotatable bonds is 5. The lowest BCUT2D eigenvalue weighted by Crippen LogP contribution is -2.02. The van der Waals surface area contributed by atoms with Gasteiger partial charge in [-0.2, -0.15) is 9.94 Å². The molecule has 0 spiro atoms. The van der Waals surface area contributed by atoms with Crippen LogP contribution in [0.5, 0.6) is 0 Å². The number of hydrogen-bond donors (Lipinski definition) is 0. The van der Waals surface area contributed by atoms with E-state index in [1.54, 1.807) is 16.8 Å². The highest BCUT2D eigenvalue weighted by atomic mass is 32.2. The Labute approximate surface area is 159 Å². The van der Waals surface area contributed by atoms with Gasteiger partial charge < -0.3 is 0 Å². The van der Waals surface area contributed by atoms with Gasteiger partial charge in [0.05, 0.1) is 16.7 Å². The van der Waals surface area contributed by atoms with Crippen LogP contribution in [0.15, 0.2) is 53.7 Å². The largest absolute Gasteiger partial charge is 0.270 e. The number of benzene rings is 2. The Hall–Kier alpha value is -3.51. The third-order valence-corrected chi connectivity index (χ3v) is 4.99. The minimum absolute atomic E-state index is 0.0499. The maximum atomic E-state index is 11.0. The summed E-state index contributed by atoms with van der Waals surface area (Å²) in [5.74, 6) is 0. The molecular weight excluding hydrogens is 364 g/mol. The summed E-state index contributed by atoms with van der Waals surface area (Å²) in [4.78, 5) is 11.1. The molecule has 0 saturated heterocycles. The molecule has 0 aliphatic heterocycles. The van der Waals surface area contributed by atoms with Crippen molar-refractivity contribution in [3.63, 3.8) is 0 Å². The maximum absolute atomic E-state index is 11.0. The Kier molecular flexibility index (Phi) is 5.28. The van der Waals surface area contributed by atoms with E-state index in [2.05, 4.69) is 15.5 Å². The van der Waals surface area contributed by atoms with Crippen molar-refractivity contribution < 1.29 is 4.92 Å². The Balaban J connectivity index is 2.01. The minimum Gasteiger partial charge on any atom is -0.258 e. The van der Waals surface area contributed by atoms with E-state index in [-0.39, 0.29) is 5.69 Å². The van der Waals surface area contributed by atoms with Crippen LogP contribution in [0.25, 0.3) is 10.6 Å². The number of nitrogens with zero attached hydrogens (tertiary/aromatic N) is 6. The molecule has 0 amide bonds. The Bertz CT molecular complexity index is 1080. The first-order valence-corrected chi connectivity index (χ1v) is 8.70. The summed E-state index contributed by atoms with van der Waals surface area (Å²) in [5.41, 5.74) is 3.47. The lowest BCUT2D eigenvalue weighted by Gasteiger charge is -2.10. The molecule has 2 aromatic carbocycles. The lowest BCUT2D eigenvalue weighted by molar-refractivity contribution is -0.384. The summed E-state index contributed by atoms with van der Waals surface area (Å²) >= 11 is 1.17. The number of aryl methyl sites for hydroxylation is 1. The zero-order chi connectivity index (χ0) is 19.4. The highest BCUT2D eigenvalue weighted by Crippen LogP contribution is 2.35. The number of aromatic nitrogens is 4. The van der Waals surface area contributed by atoms with Crippen LogP contribution in [0.3, 0.4) is 0 Å². The fourth-order valence-corrected chi connectivity index (χ4v) is 3.31. The van der Waals surface area contributed by atoms with Crippen LogP contribution in [0, 0.1) is 35.3 Å². The first-order chi connectivity index (χ1) is 13.0. The van der Waals surface area contributed by atoms with Gasteiger partial charge >= 0.3 is 0 Å². The lowest BCUT2D eigenvalue weighted by atomic mass is 10.1. The molecular formula is C18H14N6O2S. The molecule has 1 heterocycles. The third kappa shape index (κ3) is 3.86. The smallest absolute Gasteiger partial charge is 0.258 e. The van der Waals surface area contributed by atoms with E-state index in [1.165, 1.54) is 30.0 Å². The molecule has 0 unspecified atom stereocenters. The van der Waals surface area contributed by atoms with E-state index in [0.717, 1.165) is 16.8 Å². The van der Waals surface area contributed by atoms with Crippen molar-refractivity contribution in [1.82, 2.24) is 20.2 Å². The molecule has 0 bridgehead atoms. The molecule has 1 aromatic heterocycles. The van der Waals surface area contributed by atoms with Crippen LogP contribution in [0.1, 0.15) is 16.7 Å². The van der Waals surface area contributed by atoms with Gasteiger partial charge in [0.2, 0.25) is 5.16 Å². The monoisotopic (exact) mass is 378 g/mol. The van der Waals surface area contributed by atoms with Gasteiger partial charge in [-0.1, -0.05) is 24.3 Å². The van der Waals surface area contributed by atoms with Crippen molar-refractivity contribution in [2.24, 2.45) is 0 Å². The molecule has 3 aromatic rings. The highest BCUT2D eigenvalue weighted by molar-refractivity contribution is 8.08. The van der Waals surface area contributed by atoms with Gasteiger partial charge in [-0.05, 0) is 58.8 Å². The van der Waals surface area contributed by atoms with Crippen molar-refractivity contribution in [2.75, 3.05) is 0 Å². The molecule has 0 N–H and O–H groups in total. The van der Waals surface area contributed by atoms with Crippen molar-refractivity contribution >= 4 is 22.4 Å². The zero-order valence-electron chi connectivity index (χ0n) is 14.5. The summed E-state index contributed by atoms with van der Waals surface area (Å²) in [6.45, 7) is 3.98. The van der Waals surface area contributed by atoms with E-state index < -0.39 is 4.92 Å². The van der Waals surface area contributed by atoms with Crippen LogP contribution < -0.4 is 0 Å². The fourth-order valence-electron chi connectivity index (χ4n) is 2.46. The molecule has 0 atom stereocenters. The standard InChI is InChI=1S/C18H14N6O2S/c1-12-5-3-8-16(13(12)2)23-18(20-21-22-23)27-17(9-10-19)14-6-4-7-15(11-14)24(25)26/h3-9,11H,1-2H3/b17-9-. The molecule has 9 heteroatoms. The SMILES string of the molecule is Cc1cccc(-n2nnnc2S/C(=C\C#N)c2cccc([N+](=O)[O-])c2)c1C. The predicted octanol–water partition coefficient (Wildman–Crippen LogP) is 3.84. The van der Waals surface area contributed by atoms with E-state index in [0.29, 0.717) is 15.6 Å². The summed E-state index contributed by atoms with van der Waals surface area (Å²) in [6, 6.07) is 13.9. The molecule has 0 aliphatic carbocycles. The molecule has 8 nitrogen and oxygen atoms in total. The maximum Gasteiger partial charge on any atom is 0.270 e. The average molecular weight is 378 g/mol. The normalized spacial score (nSPS) is 11.2. The number of nitro groups is 1. The van der Waals surface area contributed by atoms with Crippen LogP contribution in [0.4, 0.5) is 5.69 Å². The topological polar surface area (TPSA) is 111 Å². The van der Waals surface area contributed by atoms with Crippen LogP contribution in [-0.4, -0.2) is 25.1 Å². The second-order valence-corrected chi connectivity index (χ2v) is 6.65. The first-order valence-electron chi connectivity index (χ1n) is 7.88. The van der Waals surface area contributed by atoms with Gasteiger partial charge in [0.1, 0.15) is 0 Å². The van der Waals surface area contributed by atoms with Crippen molar-refractivity contribution in [3.05, 3.63) is 75.3 Å². The highest BCUT2D eigenvalue weighted by Gasteiger charge is 2.16. The van der Waals surface area contributed by atoms with Crippen LogP contribution >= 0.6 is 11.8 Å². The van der Waals surface area contributed by atoms with E-state index >= 15 is 0 Å². The minimum atomic E-state index is -0.474. The fraction of sp³-hybridized carbons (Fsp3) is 0.111. The van der Waals surface area contributed by atoms with Gasteiger partial charge in [-0.15, -0.1) is 5.10 Å². The Morgan fingerprint density at radius 3 is 2.81 bits per heavy atom. The molecule has 0 saturated carbocycles. The summed E-state index contributed by atoms with van der Waals surface area (Å²) in [6.07, 6.45) is 1.33. The molecule has 3 rings (SSSR count). The average Bonchev–Trinajstić information content (AvgIpc) is 3.11. The number of allylic oxidation sites excluding steroid dienone is 1. The van der Waals surface area contributed by atoms with Gasteiger partial charge in [-0.3, -0.25) is 10.1 Å². The van der Waals surface area contributed by atoms with E-state index in [1.807, 2.05) is 38.1 Å². The Morgan fingerprint density at radius 1 is 1.30 bits per heavy atom. The second kappa shape index (κ2) is 7.80. The number of nitriles is 1. The molecule has 0 radical (unpaired) electrons. The van der Waals surface area contributed by atoms with Crippen LogP contribution in [0.2, 0.25) is 0 Å². The summed E-state index contributed by atoms with van der Waals surface area (Å²) in [7, 11) is 0. The Morgan fingerprint density at radius 2 is 2.07 bits per heavy atom. The second-order valence-electron chi connectivity index (χ2n) is 5.64. The van der Waals surface area contributed by atoms with E-state index in [4.69, 9.17) is 5.26 Å². The summed E-state index contributed by atoms with van der Waals surface area (Å²) in [5, 5.41) is 32.5. The number of non-ortho nitro benzene ring substituents is 1. The quantitative estimate of drug-likeness (QED) is 0.287. The number of thioether (sulfide) groups is 1. The van der Waals surface area contributed by atoms with Gasteiger partial charge in [0.15, 0.2) is 0 Å². The van der Waals surface area contributed by atoms with Gasteiger partial charge in [-0.25, -0.2) is 0 Å². The number of nitro benzene ring substituents is 1. The molecule has 134 valence electrons. The van der Waals surface area contributed by atoms with Crippen molar-refractivity contribution in [1.29, 1.82) is 5.26 Å². The predicted molar refractivity (Wildman–Crippen MR) is 101 cm³/mol. The zero-order valence-corrected chi connectivity index (χ0v) is 15.3.